The van der Waals surface area contributed by atoms with Gasteiger partial charge in [0.1, 0.15) is 5.75 Å². The molecule has 2 aliphatic rings. The Bertz CT molecular complexity index is 929. The van der Waals surface area contributed by atoms with Crippen LogP contribution in [0.2, 0.25) is 0 Å². The van der Waals surface area contributed by atoms with Crippen LogP contribution in [0.15, 0.2) is 42.5 Å². The molecule has 2 unspecified atom stereocenters. The highest BCUT2D eigenvalue weighted by molar-refractivity contribution is 5.95. The van der Waals surface area contributed by atoms with Gasteiger partial charge in [-0.25, -0.2) is 0 Å². The van der Waals surface area contributed by atoms with Gasteiger partial charge < -0.3 is 20.3 Å². The number of carbonyl (C=O) groups excluding carboxylic acids is 1. The lowest BCUT2D eigenvalue weighted by atomic mass is 9.91. The van der Waals surface area contributed by atoms with Crippen molar-refractivity contribution >= 4 is 17.3 Å². The van der Waals surface area contributed by atoms with Crippen molar-refractivity contribution in [3.05, 3.63) is 53.6 Å². The van der Waals surface area contributed by atoms with Gasteiger partial charge in [-0.3, -0.25) is 4.79 Å². The van der Waals surface area contributed by atoms with Crippen LogP contribution >= 0.6 is 0 Å². The molecule has 6 heteroatoms. The lowest BCUT2D eigenvalue weighted by Crippen LogP contribution is -2.35. The molecule has 1 amide bonds. The molecule has 2 aromatic rings. The van der Waals surface area contributed by atoms with Crippen molar-refractivity contribution in [2.45, 2.75) is 37.8 Å². The quantitative estimate of drug-likeness (QED) is 0.816. The number of nitrogens with one attached hydrogen (secondary N) is 2. The Morgan fingerprint density at radius 1 is 1.31 bits per heavy atom. The van der Waals surface area contributed by atoms with Gasteiger partial charge in [-0.1, -0.05) is 18.2 Å². The maximum absolute atomic E-state index is 12.3. The fraction of sp³-hybridized carbons (Fsp3) is 0.391. The summed E-state index contributed by atoms with van der Waals surface area (Å²) in [5.74, 6) is 0.554. The zero-order valence-electron chi connectivity index (χ0n) is 16.8. The second-order valence-corrected chi connectivity index (χ2v) is 7.52. The van der Waals surface area contributed by atoms with E-state index >= 15 is 0 Å². The first-order valence-electron chi connectivity index (χ1n) is 10.1. The second kappa shape index (κ2) is 8.14. The third-order valence-corrected chi connectivity index (χ3v) is 5.91. The molecule has 0 radical (unpaired) electrons. The van der Waals surface area contributed by atoms with Gasteiger partial charge in [0.2, 0.25) is 5.91 Å². The number of carbonyl (C=O) groups is 1. The van der Waals surface area contributed by atoms with Crippen molar-refractivity contribution in [2.75, 3.05) is 30.4 Å². The predicted octanol–water partition coefficient (Wildman–Crippen LogP) is 3.57. The summed E-state index contributed by atoms with van der Waals surface area (Å²) < 4.78 is 5.38. The lowest BCUT2D eigenvalue weighted by Gasteiger charge is -2.28. The molecule has 2 aromatic carbocycles. The Balaban J connectivity index is 1.58. The van der Waals surface area contributed by atoms with E-state index in [1.54, 1.807) is 7.11 Å². The van der Waals surface area contributed by atoms with Crippen molar-refractivity contribution in [1.82, 2.24) is 5.32 Å². The first kappa shape index (κ1) is 19.3. The third kappa shape index (κ3) is 3.54. The number of nitriles is 1. The maximum Gasteiger partial charge on any atom is 0.241 e. The zero-order chi connectivity index (χ0) is 20.4. The van der Waals surface area contributed by atoms with E-state index in [0.717, 1.165) is 54.2 Å². The summed E-state index contributed by atoms with van der Waals surface area (Å²) in [6, 6.07) is 16.1. The second-order valence-electron chi connectivity index (χ2n) is 7.52. The molecule has 1 saturated heterocycles. The molecule has 0 saturated carbocycles. The summed E-state index contributed by atoms with van der Waals surface area (Å²) in [6.45, 7) is 3.78. The zero-order valence-corrected chi connectivity index (χ0v) is 16.8. The first-order valence-corrected chi connectivity index (χ1v) is 10.1. The number of anilines is 2. The highest BCUT2D eigenvalue weighted by atomic mass is 16.5. The molecule has 6 nitrogen and oxygen atoms in total. The van der Waals surface area contributed by atoms with E-state index in [0.29, 0.717) is 0 Å². The molecule has 0 spiro atoms. The molecular formula is C23H26N4O2. The monoisotopic (exact) mass is 390 g/mol. The lowest BCUT2D eigenvalue weighted by molar-refractivity contribution is -0.117. The van der Waals surface area contributed by atoms with Crippen LogP contribution in [-0.2, 0) is 4.79 Å². The Kier molecular flexibility index (Phi) is 5.41. The number of methoxy groups -OCH3 is 1. The van der Waals surface area contributed by atoms with E-state index < -0.39 is 0 Å². The van der Waals surface area contributed by atoms with Crippen molar-refractivity contribution in [1.29, 1.82) is 5.26 Å². The SMILES string of the molecule is CCN1c2cc(OC)ccc2C(C#N)C1c1ccc(NC(=O)[C@@H]2CCCN2)cc1. The smallest absolute Gasteiger partial charge is 0.241 e. The van der Waals surface area contributed by atoms with Crippen LogP contribution in [0.4, 0.5) is 11.4 Å². The van der Waals surface area contributed by atoms with Crippen molar-refractivity contribution in [3.63, 3.8) is 0 Å². The molecule has 0 aliphatic carbocycles. The third-order valence-electron chi connectivity index (χ3n) is 5.91. The summed E-state index contributed by atoms with van der Waals surface area (Å²) in [7, 11) is 1.65. The minimum atomic E-state index is -0.251. The minimum absolute atomic E-state index is 0.0145. The number of amides is 1. The molecule has 0 bridgehead atoms. The highest BCUT2D eigenvalue weighted by Gasteiger charge is 2.39. The molecule has 4 rings (SSSR count). The largest absolute Gasteiger partial charge is 0.497 e. The van der Waals surface area contributed by atoms with Gasteiger partial charge in [0.25, 0.3) is 0 Å². The van der Waals surface area contributed by atoms with Crippen molar-refractivity contribution in [3.8, 4) is 11.8 Å². The number of hydrogen-bond donors (Lipinski definition) is 2. The van der Waals surface area contributed by atoms with Crippen LogP contribution in [0.3, 0.4) is 0 Å². The Hall–Kier alpha value is -3.04. The number of rotatable bonds is 5. The number of benzene rings is 2. The van der Waals surface area contributed by atoms with Gasteiger partial charge in [0.05, 0.1) is 31.2 Å². The summed E-state index contributed by atoms with van der Waals surface area (Å²) in [5.41, 5.74) is 3.92. The fourth-order valence-corrected chi connectivity index (χ4v) is 4.44. The molecular weight excluding hydrogens is 364 g/mol. The Labute approximate surface area is 171 Å². The fourth-order valence-electron chi connectivity index (χ4n) is 4.44. The molecule has 2 heterocycles. The summed E-state index contributed by atoms with van der Waals surface area (Å²) >= 11 is 0. The predicted molar refractivity (Wildman–Crippen MR) is 113 cm³/mol. The molecule has 150 valence electrons. The molecule has 3 atom stereocenters. The topological polar surface area (TPSA) is 77.4 Å². The molecule has 2 aliphatic heterocycles. The van der Waals surface area contributed by atoms with Gasteiger partial charge in [-0.05, 0) is 55.6 Å². The van der Waals surface area contributed by atoms with E-state index in [1.807, 2.05) is 42.5 Å². The van der Waals surface area contributed by atoms with Crippen molar-refractivity contribution in [2.24, 2.45) is 0 Å². The summed E-state index contributed by atoms with van der Waals surface area (Å²) in [4.78, 5) is 14.6. The van der Waals surface area contributed by atoms with Gasteiger partial charge in [-0.2, -0.15) is 5.26 Å². The van der Waals surface area contributed by atoms with Crippen LogP contribution < -0.4 is 20.3 Å². The van der Waals surface area contributed by atoms with Crippen LogP contribution in [-0.4, -0.2) is 32.1 Å². The average molecular weight is 390 g/mol. The summed E-state index contributed by atoms with van der Waals surface area (Å²) in [5, 5.41) is 16.1. The Morgan fingerprint density at radius 2 is 2.10 bits per heavy atom. The number of ether oxygens (including phenoxy) is 1. The Morgan fingerprint density at radius 3 is 2.72 bits per heavy atom. The maximum atomic E-state index is 12.3. The van der Waals surface area contributed by atoms with E-state index in [9.17, 15) is 10.1 Å². The molecule has 0 aromatic heterocycles. The minimum Gasteiger partial charge on any atom is -0.497 e. The molecule has 29 heavy (non-hydrogen) atoms. The van der Waals surface area contributed by atoms with Gasteiger partial charge in [0.15, 0.2) is 0 Å². The van der Waals surface area contributed by atoms with Crippen molar-refractivity contribution < 1.29 is 9.53 Å². The first-order chi connectivity index (χ1) is 14.2. The number of nitrogens with zero attached hydrogens (tertiary/aromatic N) is 2. The van der Waals surface area contributed by atoms with Gasteiger partial charge >= 0.3 is 0 Å². The van der Waals surface area contributed by atoms with Crippen LogP contribution in [0.1, 0.15) is 42.9 Å². The van der Waals surface area contributed by atoms with Gasteiger partial charge in [0, 0.05) is 24.0 Å². The normalized spacial score (nSPS) is 22.8. The van der Waals surface area contributed by atoms with Gasteiger partial charge in [-0.15, -0.1) is 0 Å². The van der Waals surface area contributed by atoms with E-state index in [2.05, 4.69) is 28.5 Å². The average Bonchev–Trinajstić information content (AvgIpc) is 3.39. The van der Waals surface area contributed by atoms with Crippen LogP contribution in [0, 0.1) is 11.3 Å². The standard InChI is InChI=1S/C23H26N4O2/c1-3-27-21-13-17(29-2)10-11-18(21)19(14-24)22(27)15-6-8-16(9-7-15)26-23(28)20-5-4-12-25-20/h6-11,13,19-20,22,25H,3-5,12H2,1-2H3,(H,26,28)/t19?,20-,22?/m0/s1. The van der Waals surface area contributed by atoms with E-state index in [1.165, 1.54) is 0 Å². The highest BCUT2D eigenvalue weighted by Crippen LogP contribution is 2.49. The van der Waals surface area contributed by atoms with E-state index in [4.69, 9.17) is 4.74 Å². The molecule has 2 N–H and O–H groups in total. The van der Waals surface area contributed by atoms with E-state index in [-0.39, 0.29) is 23.9 Å². The summed E-state index contributed by atoms with van der Waals surface area (Å²) in [6.07, 6.45) is 1.91. The molecule has 1 fully saturated rings. The van der Waals surface area contributed by atoms with Crippen LogP contribution in [0.5, 0.6) is 5.75 Å². The number of fused-ring (bicyclic) bond motifs is 1. The van der Waals surface area contributed by atoms with Crippen LogP contribution in [0.25, 0.3) is 0 Å². The number of hydrogen-bond acceptors (Lipinski definition) is 5. The number of likely N-dealkylation sites (N-methyl/N-ethyl adjacent to an activating group) is 1.